The van der Waals surface area contributed by atoms with Gasteiger partial charge in [0, 0.05) is 19.0 Å². The summed E-state index contributed by atoms with van der Waals surface area (Å²) in [5, 5.41) is 3.04. The van der Waals surface area contributed by atoms with Gasteiger partial charge in [-0.2, -0.15) is 0 Å². The van der Waals surface area contributed by atoms with Crippen LogP contribution in [0.3, 0.4) is 0 Å². The van der Waals surface area contributed by atoms with Crippen molar-refractivity contribution in [2.24, 2.45) is 17.6 Å². The van der Waals surface area contributed by atoms with E-state index in [1.165, 1.54) is 0 Å². The third-order valence-electron chi connectivity index (χ3n) is 4.79. The van der Waals surface area contributed by atoms with Crippen molar-refractivity contribution in [3.63, 3.8) is 0 Å². The zero-order chi connectivity index (χ0) is 18.2. The van der Waals surface area contributed by atoms with Crippen molar-refractivity contribution >= 4 is 30.7 Å². The predicted molar refractivity (Wildman–Crippen MR) is 113 cm³/mol. The van der Waals surface area contributed by atoms with Crippen LogP contribution in [0.2, 0.25) is 0 Å². The molecule has 2 atom stereocenters. The second-order valence-corrected chi connectivity index (χ2v) is 6.89. The fourth-order valence-corrected chi connectivity index (χ4v) is 3.26. The second kappa shape index (κ2) is 13.0. The molecule has 0 aliphatic heterocycles. The third kappa shape index (κ3) is 7.74. The van der Waals surface area contributed by atoms with Crippen molar-refractivity contribution in [3.8, 4) is 11.5 Å². The van der Waals surface area contributed by atoms with Crippen LogP contribution in [-0.2, 0) is 11.3 Å². The van der Waals surface area contributed by atoms with E-state index >= 15 is 0 Å². The van der Waals surface area contributed by atoms with Gasteiger partial charge in [0.2, 0.25) is 5.91 Å². The smallest absolute Gasteiger partial charge is 0.223 e. The van der Waals surface area contributed by atoms with E-state index in [9.17, 15) is 4.79 Å². The molecule has 1 aromatic rings. The monoisotopic (exact) mass is 421 g/mol. The van der Waals surface area contributed by atoms with Crippen LogP contribution in [0.1, 0.15) is 24.8 Å². The largest absolute Gasteiger partial charge is 0.493 e. The lowest BCUT2D eigenvalue weighted by atomic mass is 9.95. The maximum absolute atomic E-state index is 12.4. The van der Waals surface area contributed by atoms with Gasteiger partial charge in [0.15, 0.2) is 11.5 Å². The van der Waals surface area contributed by atoms with Crippen LogP contribution in [-0.4, -0.2) is 51.7 Å². The maximum Gasteiger partial charge on any atom is 0.223 e. The van der Waals surface area contributed by atoms with Crippen molar-refractivity contribution in [2.45, 2.75) is 25.8 Å². The Labute approximate surface area is 175 Å². The van der Waals surface area contributed by atoms with E-state index in [2.05, 4.69) is 10.2 Å². The molecule has 0 aromatic heterocycles. The van der Waals surface area contributed by atoms with Gasteiger partial charge < -0.3 is 25.4 Å². The molecule has 3 N–H and O–H groups in total. The summed E-state index contributed by atoms with van der Waals surface area (Å²) in [5.41, 5.74) is 6.76. The summed E-state index contributed by atoms with van der Waals surface area (Å²) in [7, 11) is 5.64. The quantitative estimate of drug-likeness (QED) is 0.640. The number of hydrogen-bond acceptors (Lipinski definition) is 5. The van der Waals surface area contributed by atoms with E-state index < -0.39 is 0 Å². The number of halogens is 2. The summed E-state index contributed by atoms with van der Waals surface area (Å²) >= 11 is 0. The number of rotatable bonds is 9. The van der Waals surface area contributed by atoms with Crippen LogP contribution < -0.4 is 20.5 Å². The second-order valence-electron chi connectivity index (χ2n) is 6.89. The Morgan fingerprint density at radius 3 is 2.63 bits per heavy atom. The van der Waals surface area contributed by atoms with Crippen LogP contribution in [0.5, 0.6) is 11.5 Å². The molecular weight excluding hydrogens is 389 g/mol. The van der Waals surface area contributed by atoms with Crippen LogP contribution >= 0.6 is 24.8 Å². The molecule has 27 heavy (non-hydrogen) atoms. The lowest BCUT2D eigenvalue weighted by molar-refractivity contribution is -0.126. The number of carbonyl (C=O) groups is 1. The van der Waals surface area contributed by atoms with Gasteiger partial charge in [-0.15, -0.1) is 24.8 Å². The Kier molecular flexibility index (Phi) is 12.5. The van der Waals surface area contributed by atoms with Gasteiger partial charge in [0.1, 0.15) is 6.61 Å². The summed E-state index contributed by atoms with van der Waals surface area (Å²) < 4.78 is 11.2. The molecule has 0 heterocycles. The number of hydrogen-bond donors (Lipinski definition) is 2. The van der Waals surface area contributed by atoms with Gasteiger partial charge in [-0.1, -0.05) is 12.5 Å². The van der Waals surface area contributed by atoms with E-state index in [-0.39, 0.29) is 36.6 Å². The molecule has 1 saturated carbocycles. The number of nitrogens with one attached hydrogen (secondary N) is 1. The first-order valence-electron chi connectivity index (χ1n) is 8.97. The van der Waals surface area contributed by atoms with E-state index in [1.807, 2.05) is 32.3 Å². The minimum Gasteiger partial charge on any atom is -0.493 e. The number of nitrogens with two attached hydrogens (primary N) is 1. The highest BCUT2D eigenvalue weighted by Crippen LogP contribution is 2.31. The molecule has 6 nitrogen and oxygen atoms in total. The van der Waals surface area contributed by atoms with E-state index in [0.29, 0.717) is 31.4 Å². The topological polar surface area (TPSA) is 76.8 Å². The fraction of sp³-hybridized carbons (Fsp3) is 0.632. The Bertz CT molecular complexity index is 573. The summed E-state index contributed by atoms with van der Waals surface area (Å²) in [5.74, 6) is 1.89. The number of carbonyl (C=O) groups excluding carboxylic acids is 1. The van der Waals surface area contributed by atoms with Gasteiger partial charge in [-0.25, -0.2) is 0 Å². The molecule has 0 unspecified atom stereocenters. The molecule has 0 saturated heterocycles. The minimum absolute atomic E-state index is 0. The molecule has 1 amide bonds. The first kappa shape index (κ1) is 25.8. The molecular formula is C19H33Cl2N3O3. The van der Waals surface area contributed by atoms with Crippen LogP contribution in [0.15, 0.2) is 18.2 Å². The van der Waals surface area contributed by atoms with Gasteiger partial charge in [0.25, 0.3) is 0 Å². The molecule has 1 aromatic carbocycles. The maximum atomic E-state index is 12.4. The average Bonchev–Trinajstić information content (AvgIpc) is 3.08. The Hall–Kier alpha value is -1.21. The van der Waals surface area contributed by atoms with Gasteiger partial charge in [-0.3, -0.25) is 4.79 Å². The SMILES string of the molecule is COc1cc(CNC(=O)[C@@H]2CCC[C@@H]2CN)ccc1OCCN(C)C.Cl.Cl. The Morgan fingerprint density at radius 2 is 2.00 bits per heavy atom. The van der Waals surface area contributed by atoms with Crippen molar-refractivity contribution in [1.82, 2.24) is 10.2 Å². The molecule has 1 aliphatic rings. The summed E-state index contributed by atoms with van der Waals surface area (Å²) in [6.07, 6.45) is 3.09. The van der Waals surface area contributed by atoms with E-state index in [4.69, 9.17) is 15.2 Å². The number of benzene rings is 1. The fourth-order valence-electron chi connectivity index (χ4n) is 3.26. The van der Waals surface area contributed by atoms with Crippen molar-refractivity contribution in [2.75, 3.05) is 40.9 Å². The predicted octanol–water partition coefficient (Wildman–Crippen LogP) is 2.47. The lowest BCUT2D eigenvalue weighted by Crippen LogP contribution is -2.34. The molecule has 1 fully saturated rings. The first-order valence-corrected chi connectivity index (χ1v) is 8.97. The Balaban J connectivity index is 0.00000338. The van der Waals surface area contributed by atoms with E-state index in [1.54, 1.807) is 7.11 Å². The number of likely N-dealkylation sites (N-methyl/N-ethyl adjacent to an activating group) is 1. The standard InChI is InChI=1S/C19H31N3O3.2ClH/c1-22(2)9-10-25-17-8-7-14(11-18(17)24-3)13-21-19(23)16-6-4-5-15(16)12-20;;/h7-8,11,15-16H,4-6,9-10,12-13,20H2,1-3H3,(H,21,23);2*1H/t15-,16-;;/m1../s1. The average molecular weight is 422 g/mol. The van der Waals surface area contributed by atoms with Crippen molar-refractivity contribution < 1.29 is 14.3 Å². The van der Waals surface area contributed by atoms with E-state index in [0.717, 1.165) is 37.1 Å². The summed E-state index contributed by atoms with van der Waals surface area (Å²) in [4.78, 5) is 14.5. The molecule has 2 rings (SSSR count). The molecule has 8 heteroatoms. The zero-order valence-electron chi connectivity index (χ0n) is 16.4. The van der Waals surface area contributed by atoms with Gasteiger partial charge >= 0.3 is 0 Å². The van der Waals surface area contributed by atoms with Crippen LogP contribution in [0, 0.1) is 11.8 Å². The first-order chi connectivity index (χ1) is 12.0. The highest BCUT2D eigenvalue weighted by Gasteiger charge is 2.31. The molecule has 0 radical (unpaired) electrons. The molecule has 1 aliphatic carbocycles. The van der Waals surface area contributed by atoms with Gasteiger partial charge in [-0.05, 0) is 57.1 Å². The lowest BCUT2D eigenvalue weighted by Gasteiger charge is -2.18. The van der Waals surface area contributed by atoms with Crippen molar-refractivity contribution in [1.29, 1.82) is 0 Å². The normalized spacial score (nSPS) is 18.4. The van der Waals surface area contributed by atoms with Crippen LogP contribution in [0.25, 0.3) is 0 Å². The molecule has 156 valence electrons. The van der Waals surface area contributed by atoms with Crippen molar-refractivity contribution in [3.05, 3.63) is 23.8 Å². The highest BCUT2D eigenvalue weighted by atomic mass is 35.5. The Morgan fingerprint density at radius 1 is 1.26 bits per heavy atom. The minimum atomic E-state index is 0. The molecule has 0 bridgehead atoms. The molecule has 0 spiro atoms. The number of ether oxygens (including phenoxy) is 2. The van der Waals surface area contributed by atoms with Gasteiger partial charge in [0.05, 0.1) is 7.11 Å². The summed E-state index contributed by atoms with van der Waals surface area (Å²) in [6.45, 7) is 2.51. The number of nitrogens with zero attached hydrogens (tertiary/aromatic N) is 1. The highest BCUT2D eigenvalue weighted by molar-refractivity contribution is 5.85. The summed E-state index contributed by atoms with van der Waals surface area (Å²) in [6, 6.07) is 5.78. The zero-order valence-corrected chi connectivity index (χ0v) is 18.0. The number of methoxy groups -OCH3 is 1. The van der Waals surface area contributed by atoms with Crippen LogP contribution in [0.4, 0.5) is 0 Å². The number of amides is 1. The third-order valence-corrected chi connectivity index (χ3v) is 4.79.